The second-order valence-electron chi connectivity index (χ2n) is 6.76. The lowest BCUT2D eigenvalue weighted by Gasteiger charge is -2.22. The fourth-order valence-corrected chi connectivity index (χ4v) is 2.86. The van der Waals surface area contributed by atoms with Crippen LogP contribution in [0.2, 0.25) is 0 Å². The minimum absolute atomic E-state index is 0.324. The third-order valence-electron chi connectivity index (χ3n) is 4.56. The minimum Gasteiger partial charge on any atom is -0.497 e. The number of amides is 5. The van der Waals surface area contributed by atoms with Gasteiger partial charge in [-0.25, -0.2) is 4.79 Å². The third-order valence-corrected chi connectivity index (χ3v) is 4.56. The predicted molar refractivity (Wildman–Crippen MR) is 101 cm³/mol. The van der Waals surface area contributed by atoms with E-state index in [1.807, 2.05) is 6.92 Å². The Bertz CT molecular complexity index is 764. The molecule has 1 heterocycles. The van der Waals surface area contributed by atoms with Crippen LogP contribution in [0.3, 0.4) is 0 Å². The number of carbonyl (C=O) groups is 4. The topological polar surface area (TPSA) is 117 Å². The van der Waals surface area contributed by atoms with E-state index in [1.165, 1.54) is 14.0 Å². The van der Waals surface area contributed by atoms with Crippen LogP contribution in [0.15, 0.2) is 24.3 Å². The van der Waals surface area contributed by atoms with Gasteiger partial charge in [0.05, 0.1) is 7.11 Å². The quantitative estimate of drug-likeness (QED) is 0.559. The molecular formula is C19H26N4O5. The second kappa shape index (κ2) is 8.73. The molecule has 0 saturated carbocycles. The molecule has 2 rings (SSSR count). The van der Waals surface area contributed by atoms with E-state index in [4.69, 9.17) is 4.74 Å². The third kappa shape index (κ3) is 4.41. The Kier molecular flexibility index (Phi) is 6.61. The van der Waals surface area contributed by atoms with Gasteiger partial charge in [0, 0.05) is 6.54 Å². The van der Waals surface area contributed by atoms with Crippen LogP contribution in [0, 0.1) is 0 Å². The molecule has 0 unspecified atom stereocenters. The van der Waals surface area contributed by atoms with Gasteiger partial charge in [-0.2, -0.15) is 0 Å². The number of hydrogen-bond donors (Lipinski definition) is 3. The van der Waals surface area contributed by atoms with Crippen LogP contribution >= 0.6 is 0 Å². The zero-order chi connectivity index (χ0) is 20.9. The fraction of sp³-hybridized carbons (Fsp3) is 0.474. The number of urea groups is 1. The van der Waals surface area contributed by atoms with Gasteiger partial charge in [0.25, 0.3) is 5.91 Å². The van der Waals surface area contributed by atoms with Crippen LogP contribution in [0.1, 0.15) is 32.8 Å². The highest BCUT2D eigenvalue weighted by Gasteiger charge is 2.49. The number of benzene rings is 1. The highest BCUT2D eigenvalue weighted by Crippen LogP contribution is 2.29. The Hall–Kier alpha value is -3.10. The molecular weight excluding hydrogens is 364 g/mol. The number of methoxy groups -OCH3 is 1. The molecule has 0 radical (unpaired) electrons. The number of hydrogen-bond acceptors (Lipinski definition) is 5. The average Bonchev–Trinajstić information content (AvgIpc) is 2.90. The molecule has 0 bridgehead atoms. The molecule has 1 aromatic carbocycles. The first-order chi connectivity index (χ1) is 13.2. The average molecular weight is 390 g/mol. The van der Waals surface area contributed by atoms with Gasteiger partial charge in [0.15, 0.2) is 0 Å². The first kappa shape index (κ1) is 21.2. The fourth-order valence-electron chi connectivity index (χ4n) is 2.86. The predicted octanol–water partition coefficient (Wildman–Crippen LogP) is 0.493. The minimum atomic E-state index is -1.28. The van der Waals surface area contributed by atoms with Crippen molar-refractivity contribution in [3.63, 3.8) is 0 Å². The van der Waals surface area contributed by atoms with E-state index in [9.17, 15) is 19.2 Å². The van der Waals surface area contributed by atoms with Crippen LogP contribution in [-0.2, 0) is 19.9 Å². The molecule has 3 N–H and O–H groups in total. The summed E-state index contributed by atoms with van der Waals surface area (Å²) in [5.74, 6) is -0.839. The number of nitrogens with zero attached hydrogens (tertiary/aromatic N) is 1. The molecule has 9 heteroatoms. The first-order valence-corrected chi connectivity index (χ1v) is 9.08. The standard InChI is InChI=1S/C19H26N4O5/c1-5-10-20-16(25)12(2)21-15(24)11-23-17(26)19(3,22-18(23)27)13-6-8-14(28-4)9-7-13/h6-9,12H,5,10-11H2,1-4H3,(H,20,25)(H,21,24)(H,22,27)/t12-,19-/m1/s1. The molecule has 0 aromatic heterocycles. The summed E-state index contributed by atoms with van der Waals surface area (Å²) in [6.45, 7) is 5.07. The lowest BCUT2D eigenvalue weighted by Crippen LogP contribution is -2.49. The molecule has 1 saturated heterocycles. The summed E-state index contributed by atoms with van der Waals surface area (Å²) in [5.41, 5.74) is -0.713. The maximum absolute atomic E-state index is 12.8. The summed E-state index contributed by atoms with van der Waals surface area (Å²) in [6, 6.07) is 5.30. The van der Waals surface area contributed by atoms with Crippen molar-refractivity contribution >= 4 is 23.8 Å². The molecule has 2 atom stereocenters. The van der Waals surface area contributed by atoms with Crippen molar-refractivity contribution in [2.24, 2.45) is 0 Å². The van der Waals surface area contributed by atoms with Crippen molar-refractivity contribution in [1.82, 2.24) is 20.9 Å². The number of imide groups is 1. The molecule has 5 amide bonds. The number of carbonyl (C=O) groups excluding carboxylic acids is 4. The highest BCUT2D eigenvalue weighted by molar-refractivity contribution is 6.09. The summed E-state index contributed by atoms with van der Waals surface area (Å²) in [5, 5.41) is 7.80. The van der Waals surface area contributed by atoms with Gasteiger partial charge in [-0.15, -0.1) is 0 Å². The Morgan fingerprint density at radius 3 is 2.46 bits per heavy atom. The van der Waals surface area contributed by atoms with Crippen LogP contribution in [0.5, 0.6) is 5.75 Å². The van der Waals surface area contributed by atoms with Gasteiger partial charge >= 0.3 is 6.03 Å². The van der Waals surface area contributed by atoms with Crippen LogP contribution in [-0.4, -0.2) is 54.9 Å². The van der Waals surface area contributed by atoms with E-state index < -0.39 is 36.0 Å². The van der Waals surface area contributed by atoms with E-state index in [0.717, 1.165) is 11.3 Å². The normalized spacial score (nSPS) is 19.8. The Morgan fingerprint density at radius 1 is 1.25 bits per heavy atom. The van der Waals surface area contributed by atoms with Crippen molar-refractivity contribution in [3.05, 3.63) is 29.8 Å². The number of ether oxygens (including phenoxy) is 1. The van der Waals surface area contributed by atoms with Crippen molar-refractivity contribution in [3.8, 4) is 5.75 Å². The number of rotatable bonds is 8. The van der Waals surface area contributed by atoms with Gasteiger partial charge in [0.2, 0.25) is 11.8 Å². The van der Waals surface area contributed by atoms with Gasteiger partial charge in [-0.1, -0.05) is 19.1 Å². The van der Waals surface area contributed by atoms with Gasteiger partial charge in [0.1, 0.15) is 23.9 Å². The zero-order valence-corrected chi connectivity index (χ0v) is 16.5. The van der Waals surface area contributed by atoms with Crippen molar-refractivity contribution < 1.29 is 23.9 Å². The van der Waals surface area contributed by atoms with Gasteiger partial charge in [-0.3, -0.25) is 19.3 Å². The first-order valence-electron chi connectivity index (χ1n) is 9.08. The molecule has 1 fully saturated rings. The van der Waals surface area contributed by atoms with Crippen LogP contribution in [0.25, 0.3) is 0 Å². The smallest absolute Gasteiger partial charge is 0.325 e. The van der Waals surface area contributed by atoms with Crippen molar-refractivity contribution in [2.75, 3.05) is 20.2 Å². The van der Waals surface area contributed by atoms with E-state index >= 15 is 0 Å². The van der Waals surface area contributed by atoms with Gasteiger partial charge < -0.3 is 20.7 Å². The van der Waals surface area contributed by atoms with Crippen LogP contribution in [0.4, 0.5) is 4.79 Å². The SMILES string of the molecule is CCCNC(=O)[C@@H](C)NC(=O)CN1C(=O)N[C@](C)(c2ccc(OC)cc2)C1=O. The molecule has 28 heavy (non-hydrogen) atoms. The van der Waals surface area contributed by atoms with E-state index in [-0.39, 0.29) is 5.91 Å². The summed E-state index contributed by atoms with van der Waals surface area (Å²) < 4.78 is 5.10. The second-order valence-corrected chi connectivity index (χ2v) is 6.76. The highest BCUT2D eigenvalue weighted by atomic mass is 16.5. The summed E-state index contributed by atoms with van der Waals surface area (Å²) in [7, 11) is 1.53. The Balaban J connectivity index is 2.04. The molecule has 1 aromatic rings. The maximum Gasteiger partial charge on any atom is 0.325 e. The lowest BCUT2D eigenvalue weighted by atomic mass is 9.92. The Morgan fingerprint density at radius 2 is 1.89 bits per heavy atom. The molecule has 152 valence electrons. The molecule has 1 aliphatic heterocycles. The molecule has 0 aliphatic carbocycles. The summed E-state index contributed by atoms with van der Waals surface area (Å²) in [4.78, 5) is 50.1. The molecule has 1 aliphatic rings. The summed E-state index contributed by atoms with van der Waals surface area (Å²) in [6.07, 6.45) is 0.777. The summed E-state index contributed by atoms with van der Waals surface area (Å²) >= 11 is 0. The monoisotopic (exact) mass is 390 g/mol. The number of nitrogens with one attached hydrogen (secondary N) is 3. The largest absolute Gasteiger partial charge is 0.497 e. The maximum atomic E-state index is 12.8. The van der Waals surface area contributed by atoms with E-state index in [0.29, 0.717) is 17.9 Å². The van der Waals surface area contributed by atoms with Crippen molar-refractivity contribution in [2.45, 2.75) is 38.8 Å². The zero-order valence-electron chi connectivity index (χ0n) is 16.5. The van der Waals surface area contributed by atoms with E-state index in [1.54, 1.807) is 31.2 Å². The van der Waals surface area contributed by atoms with E-state index in [2.05, 4.69) is 16.0 Å². The van der Waals surface area contributed by atoms with Gasteiger partial charge in [-0.05, 0) is 38.0 Å². The Labute approximate surface area is 163 Å². The lowest BCUT2D eigenvalue weighted by molar-refractivity contribution is -0.135. The van der Waals surface area contributed by atoms with Crippen molar-refractivity contribution in [1.29, 1.82) is 0 Å². The molecule has 0 spiro atoms. The molecule has 9 nitrogen and oxygen atoms in total. The van der Waals surface area contributed by atoms with Crippen LogP contribution < -0.4 is 20.7 Å².